The third-order valence-corrected chi connectivity index (χ3v) is 6.28. The van der Waals surface area contributed by atoms with Crippen LogP contribution in [-0.4, -0.2) is 28.8 Å². The van der Waals surface area contributed by atoms with Gasteiger partial charge < -0.3 is 10.2 Å². The van der Waals surface area contributed by atoms with Crippen LogP contribution >= 0.6 is 0 Å². The van der Waals surface area contributed by atoms with Crippen LogP contribution in [-0.2, 0) is 9.59 Å². The predicted molar refractivity (Wildman–Crippen MR) is 98.3 cm³/mol. The Morgan fingerprint density at radius 2 is 1.72 bits per heavy atom. The number of hydrogen-bond acceptors (Lipinski definition) is 2. The van der Waals surface area contributed by atoms with Crippen molar-refractivity contribution >= 4 is 17.5 Å². The van der Waals surface area contributed by atoms with Crippen molar-refractivity contribution in [3.05, 3.63) is 29.8 Å². The second kappa shape index (κ2) is 6.81. The maximum Gasteiger partial charge on any atom is 0.231 e. The van der Waals surface area contributed by atoms with E-state index in [1.165, 1.54) is 19.3 Å². The maximum atomic E-state index is 13.5. The van der Waals surface area contributed by atoms with Gasteiger partial charge in [-0.05, 0) is 56.1 Å². The fourth-order valence-electron chi connectivity index (χ4n) is 4.65. The quantitative estimate of drug-likeness (QED) is 0.898. The van der Waals surface area contributed by atoms with Crippen LogP contribution in [0.1, 0.15) is 69.8 Å². The van der Waals surface area contributed by atoms with Gasteiger partial charge in [-0.15, -0.1) is 0 Å². The van der Waals surface area contributed by atoms with Crippen molar-refractivity contribution in [1.82, 2.24) is 4.90 Å². The zero-order valence-corrected chi connectivity index (χ0v) is 15.0. The zero-order chi connectivity index (χ0) is 17.4. The summed E-state index contributed by atoms with van der Waals surface area (Å²) in [7, 11) is 0. The summed E-state index contributed by atoms with van der Waals surface area (Å²) in [6, 6.07) is 8.56. The average molecular weight is 340 g/mol. The van der Waals surface area contributed by atoms with Crippen LogP contribution in [0.15, 0.2) is 24.3 Å². The Labute approximate surface area is 150 Å². The molecule has 0 bridgehead atoms. The van der Waals surface area contributed by atoms with Crippen LogP contribution < -0.4 is 5.32 Å². The second-order valence-corrected chi connectivity index (χ2v) is 7.95. The summed E-state index contributed by atoms with van der Waals surface area (Å²) in [5.74, 6) is 0.662. The first-order valence-corrected chi connectivity index (χ1v) is 9.88. The van der Waals surface area contributed by atoms with Crippen LogP contribution in [0, 0.1) is 5.92 Å². The molecule has 2 aliphatic carbocycles. The van der Waals surface area contributed by atoms with Crippen LogP contribution in [0.25, 0.3) is 0 Å². The SMILES string of the molecule is CCC1CCC(N(C(=O)C2CC(=O)Nc3ccccc32)C2CC2)CC1. The van der Waals surface area contributed by atoms with Gasteiger partial charge in [0.25, 0.3) is 0 Å². The number of para-hydroxylation sites is 1. The Kier molecular flexibility index (Phi) is 4.53. The fraction of sp³-hybridized carbons (Fsp3) is 0.619. The predicted octanol–water partition coefficient (Wildman–Crippen LogP) is 4.07. The molecule has 4 nitrogen and oxygen atoms in total. The Balaban J connectivity index is 1.57. The second-order valence-electron chi connectivity index (χ2n) is 7.95. The third-order valence-electron chi connectivity index (χ3n) is 6.28. The maximum absolute atomic E-state index is 13.5. The molecule has 134 valence electrons. The molecule has 0 spiro atoms. The Morgan fingerprint density at radius 3 is 2.36 bits per heavy atom. The standard InChI is InChI=1S/C21H28N2O2/c1-2-14-7-9-15(10-8-14)23(16-11-12-16)21(25)18-13-20(24)22-19-6-4-3-5-17(18)19/h3-6,14-16,18H,2,7-13H2,1H3,(H,22,24). The van der Waals surface area contributed by atoms with Crippen molar-refractivity contribution < 1.29 is 9.59 Å². The van der Waals surface area contributed by atoms with Crippen molar-refractivity contribution in [2.75, 3.05) is 5.32 Å². The van der Waals surface area contributed by atoms with E-state index in [9.17, 15) is 9.59 Å². The summed E-state index contributed by atoms with van der Waals surface area (Å²) in [6.07, 6.45) is 8.51. The molecule has 2 amide bonds. The monoisotopic (exact) mass is 340 g/mol. The number of nitrogens with zero attached hydrogens (tertiary/aromatic N) is 1. The minimum atomic E-state index is -0.311. The summed E-state index contributed by atoms with van der Waals surface area (Å²) in [6.45, 7) is 2.27. The summed E-state index contributed by atoms with van der Waals surface area (Å²) < 4.78 is 0. The van der Waals surface area contributed by atoms with Gasteiger partial charge in [-0.25, -0.2) is 0 Å². The molecule has 3 aliphatic rings. The number of nitrogens with one attached hydrogen (secondary N) is 1. The molecule has 1 aromatic carbocycles. The van der Waals surface area contributed by atoms with E-state index in [1.54, 1.807) is 0 Å². The molecule has 2 saturated carbocycles. The van der Waals surface area contributed by atoms with Crippen molar-refractivity contribution in [2.45, 2.75) is 76.3 Å². The highest BCUT2D eigenvalue weighted by atomic mass is 16.2. The van der Waals surface area contributed by atoms with Gasteiger partial charge in [0.15, 0.2) is 0 Å². The molecular formula is C21H28N2O2. The van der Waals surface area contributed by atoms with Gasteiger partial charge in [-0.3, -0.25) is 9.59 Å². The highest BCUT2D eigenvalue weighted by molar-refractivity contribution is 6.01. The van der Waals surface area contributed by atoms with Crippen LogP contribution in [0.5, 0.6) is 0 Å². The number of carbonyl (C=O) groups excluding carboxylic acids is 2. The Morgan fingerprint density at radius 1 is 1.08 bits per heavy atom. The first-order valence-electron chi connectivity index (χ1n) is 9.88. The van der Waals surface area contributed by atoms with E-state index < -0.39 is 0 Å². The van der Waals surface area contributed by atoms with E-state index >= 15 is 0 Å². The van der Waals surface area contributed by atoms with E-state index in [-0.39, 0.29) is 24.2 Å². The summed E-state index contributed by atoms with van der Waals surface area (Å²) >= 11 is 0. The van der Waals surface area contributed by atoms with Gasteiger partial charge in [0, 0.05) is 24.2 Å². The highest BCUT2D eigenvalue weighted by Crippen LogP contribution is 2.40. The smallest absolute Gasteiger partial charge is 0.231 e. The van der Waals surface area contributed by atoms with Crippen LogP contribution in [0.4, 0.5) is 5.69 Å². The minimum absolute atomic E-state index is 0.0394. The lowest BCUT2D eigenvalue weighted by atomic mass is 9.82. The number of rotatable bonds is 4. The van der Waals surface area contributed by atoms with Crippen molar-refractivity contribution in [3.63, 3.8) is 0 Å². The van der Waals surface area contributed by atoms with E-state index in [1.807, 2.05) is 24.3 Å². The van der Waals surface area contributed by atoms with Crippen molar-refractivity contribution in [3.8, 4) is 0 Å². The third kappa shape index (κ3) is 3.31. The molecule has 1 heterocycles. The number of amides is 2. The van der Waals surface area contributed by atoms with Gasteiger partial charge in [0.05, 0.1) is 5.92 Å². The van der Waals surface area contributed by atoms with E-state index in [0.717, 1.165) is 42.9 Å². The molecule has 1 aliphatic heterocycles. The Bertz CT molecular complexity index is 660. The molecule has 0 saturated heterocycles. The van der Waals surface area contributed by atoms with Crippen molar-refractivity contribution in [2.24, 2.45) is 5.92 Å². The number of fused-ring (bicyclic) bond motifs is 1. The van der Waals surface area contributed by atoms with Gasteiger partial charge in [0.2, 0.25) is 11.8 Å². The summed E-state index contributed by atoms with van der Waals surface area (Å²) in [5.41, 5.74) is 1.79. The van der Waals surface area contributed by atoms with Crippen molar-refractivity contribution in [1.29, 1.82) is 0 Å². The molecule has 25 heavy (non-hydrogen) atoms. The summed E-state index contributed by atoms with van der Waals surface area (Å²) in [5, 5.41) is 2.91. The first kappa shape index (κ1) is 16.6. The van der Waals surface area contributed by atoms with E-state index in [4.69, 9.17) is 0 Å². The lowest BCUT2D eigenvalue weighted by molar-refractivity contribution is -0.138. The minimum Gasteiger partial charge on any atom is -0.336 e. The van der Waals surface area contributed by atoms with E-state index in [2.05, 4.69) is 17.1 Å². The lowest BCUT2D eigenvalue weighted by Gasteiger charge is -2.39. The lowest BCUT2D eigenvalue weighted by Crippen LogP contribution is -2.47. The molecule has 4 heteroatoms. The number of hydrogen-bond donors (Lipinski definition) is 1. The number of carbonyl (C=O) groups is 2. The topological polar surface area (TPSA) is 49.4 Å². The molecule has 0 aromatic heterocycles. The van der Waals surface area contributed by atoms with Crippen LogP contribution in [0.3, 0.4) is 0 Å². The molecule has 1 aromatic rings. The normalized spacial score (nSPS) is 28.8. The Hall–Kier alpha value is -1.84. The highest BCUT2D eigenvalue weighted by Gasteiger charge is 2.43. The van der Waals surface area contributed by atoms with Gasteiger partial charge in [-0.2, -0.15) is 0 Å². The van der Waals surface area contributed by atoms with Gasteiger partial charge in [0.1, 0.15) is 0 Å². The first-order chi connectivity index (χ1) is 12.2. The molecule has 4 rings (SSSR count). The number of benzene rings is 1. The molecular weight excluding hydrogens is 312 g/mol. The van der Waals surface area contributed by atoms with Gasteiger partial charge in [-0.1, -0.05) is 31.5 Å². The molecule has 0 radical (unpaired) electrons. The molecule has 1 unspecified atom stereocenters. The van der Waals surface area contributed by atoms with Gasteiger partial charge >= 0.3 is 0 Å². The zero-order valence-electron chi connectivity index (χ0n) is 15.0. The largest absolute Gasteiger partial charge is 0.336 e. The fourth-order valence-corrected chi connectivity index (χ4v) is 4.65. The van der Waals surface area contributed by atoms with Crippen LogP contribution in [0.2, 0.25) is 0 Å². The number of anilines is 1. The average Bonchev–Trinajstić information content (AvgIpc) is 3.46. The molecule has 2 fully saturated rings. The summed E-state index contributed by atoms with van der Waals surface area (Å²) in [4.78, 5) is 27.8. The molecule has 1 atom stereocenters. The van der Waals surface area contributed by atoms with E-state index in [0.29, 0.717) is 12.1 Å². The molecule has 1 N–H and O–H groups in total.